The zero-order chi connectivity index (χ0) is 8.01. The van der Waals surface area contributed by atoms with Gasteiger partial charge in [0, 0.05) is 12.6 Å². The Morgan fingerprint density at radius 2 is 2.45 bits per heavy atom. The summed E-state index contributed by atoms with van der Waals surface area (Å²) >= 11 is 0. The lowest BCUT2D eigenvalue weighted by Crippen LogP contribution is -2.33. The summed E-state index contributed by atoms with van der Waals surface area (Å²) in [7, 11) is 2.10. The number of ether oxygens (including phenoxy) is 1. The van der Waals surface area contributed by atoms with E-state index in [-0.39, 0.29) is 6.10 Å². The van der Waals surface area contributed by atoms with Gasteiger partial charge < -0.3 is 9.84 Å². The number of rotatable bonds is 2. The smallest absolute Gasteiger partial charge is 0.101 e. The monoisotopic (exact) mass is 157 g/mol. The maximum absolute atomic E-state index is 9.18. The Morgan fingerprint density at radius 3 is 2.91 bits per heavy atom. The molecule has 11 heavy (non-hydrogen) atoms. The molecule has 0 amide bonds. The Kier molecular flexibility index (Phi) is 1.67. The van der Waals surface area contributed by atoms with Gasteiger partial charge in [-0.05, 0) is 20.4 Å². The summed E-state index contributed by atoms with van der Waals surface area (Å²) < 4.78 is 5.38. The molecule has 0 aromatic rings. The van der Waals surface area contributed by atoms with Crippen LogP contribution in [0.3, 0.4) is 0 Å². The minimum absolute atomic E-state index is 0.203. The van der Waals surface area contributed by atoms with Crippen molar-refractivity contribution in [1.82, 2.24) is 4.90 Å². The van der Waals surface area contributed by atoms with Crippen molar-refractivity contribution in [2.24, 2.45) is 0 Å². The van der Waals surface area contributed by atoms with Crippen LogP contribution >= 0.6 is 0 Å². The fraction of sp³-hybridized carbons (Fsp3) is 1.00. The summed E-state index contributed by atoms with van der Waals surface area (Å²) in [6.07, 6.45) is 1.54. The summed E-state index contributed by atoms with van der Waals surface area (Å²) in [5.41, 5.74) is 0. The van der Waals surface area contributed by atoms with Gasteiger partial charge in [-0.15, -0.1) is 0 Å². The van der Waals surface area contributed by atoms with Gasteiger partial charge in [0.2, 0.25) is 0 Å². The highest BCUT2D eigenvalue weighted by molar-refractivity contribution is 5.03. The molecule has 3 nitrogen and oxygen atoms in total. The van der Waals surface area contributed by atoms with Gasteiger partial charge in [-0.3, -0.25) is 4.90 Å². The average Bonchev–Trinajstić information content (AvgIpc) is 2.56. The molecule has 2 heterocycles. The first-order chi connectivity index (χ1) is 5.18. The predicted molar refractivity (Wildman–Crippen MR) is 41.4 cm³/mol. The Labute approximate surface area is 66.9 Å². The van der Waals surface area contributed by atoms with Crippen LogP contribution in [0.1, 0.15) is 13.3 Å². The summed E-state index contributed by atoms with van der Waals surface area (Å²) in [6.45, 7) is 2.88. The number of aliphatic hydroxyl groups excluding tert-OH is 1. The number of aliphatic hydroxyl groups is 1. The Hall–Kier alpha value is -0.120. The van der Waals surface area contributed by atoms with Crippen molar-refractivity contribution in [2.45, 2.75) is 37.7 Å². The fourth-order valence-corrected chi connectivity index (χ4v) is 1.98. The molecule has 0 spiro atoms. The second-order valence-electron chi connectivity index (χ2n) is 3.73. The molecule has 2 unspecified atom stereocenters. The number of fused-ring (bicyclic) bond motifs is 1. The lowest BCUT2D eigenvalue weighted by atomic mass is 10.1. The molecule has 3 heteroatoms. The minimum Gasteiger partial charge on any atom is -0.393 e. The lowest BCUT2D eigenvalue weighted by Gasteiger charge is -2.22. The lowest BCUT2D eigenvalue weighted by molar-refractivity contribution is 0.104. The van der Waals surface area contributed by atoms with E-state index in [1.807, 2.05) is 6.92 Å². The topological polar surface area (TPSA) is 36.0 Å². The fourth-order valence-electron chi connectivity index (χ4n) is 1.98. The first-order valence-electron chi connectivity index (χ1n) is 4.22. The molecule has 4 atom stereocenters. The van der Waals surface area contributed by atoms with Crippen molar-refractivity contribution >= 4 is 0 Å². The van der Waals surface area contributed by atoms with E-state index >= 15 is 0 Å². The van der Waals surface area contributed by atoms with Crippen molar-refractivity contribution in [1.29, 1.82) is 0 Å². The molecule has 0 bridgehead atoms. The molecule has 0 radical (unpaired) electrons. The molecular formula is C8H15NO2. The number of likely N-dealkylation sites (tertiary alicyclic amines) is 1. The molecule has 2 rings (SSSR count). The van der Waals surface area contributed by atoms with Crippen LogP contribution < -0.4 is 0 Å². The van der Waals surface area contributed by atoms with E-state index in [9.17, 15) is 5.11 Å². The van der Waals surface area contributed by atoms with Crippen LogP contribution in [0, 0.1) is 0 Å². The Balaban J connectivity index is 1.91. The van der Waals surface area contributed by atoms with Gasteiger partial charge in [-0.1, -0.05) is 0 Å². The van der Waals surface area contributed by atoms with Crippen LogP contribution in [-0.2, 0) is 4.74 Å². The van der Waals surface area contributed by atoms with Gasteiger partial charge in [0.15, 0.2) is 0 Å². The quantitative estimate of drug-likeness (QED) is 0.566. The number of epoxide rings is 1. The third kappa shape index (κ3) is 1.28. The van der Waals surface area contributed by atoms with Crippen LogP contribution in [0.2, 0.25) is 0 Å². The van der Waals surface area contributed by atoms with E-state index in [2.05, 4.69) is 11.9 Å². The number of hydrogen-bond donors (Lipinski definition) is 1. The van der Waals surface area contributed by atoms with Gasteiger partial charge in [-0.2, -0.15) is 0 Å². The van der Waals surface area contributed by atoms with Crippen LogP contribution in [0.4, 0.5) is 0 Å². The van der Waals surface area contributed by atoms with Crippen molar-refractivity contribution in [3.8, 4) is 0 Å². The number of likely N-dealkylation sites (N-methyl/N-ethyl adjacent to an activating group) is 1. The van der Waals surface area contributed by atoms with Gasteiger partial charge in [-0.25, -0.2) is 0 Å². The summed E-state index contributed by atoms with van der Waals surface area (Å²) in [5, 5.41) is 9.18. The third-order valence-electron chi connectivity index (χ3n) is 2.62. The van der Waals surface area contributed by atoms with Crippen molar-refractivity contribution < 1.29 is 9.84 Å². The third-order valence-corrected chi connectivity index (χ3v) is 2.62. The Morgan fingerprint density at radius 1 is 1.73 bits per heavy atom. The predicted octanol–water partition coefficient (Wildman–Crippen LogP) is -0.161. The van der Waals surface area contributed by atoms with Gasteiger partial charge in [0.1, 0.15) is 6.10 Å². The first kappa shape index (κ1) is 7.53. The van der Waals surface area contributed by atoms with E-state index in [0.717, 1.165) is 13.0 Å². The summed E-state index contributed by atoms with van der Waals surface area (Å²) in [6, 6.07) is 0.458. The number of nitrogens with zero attached hydrogens (tertiary/aromatic N) is 1. The maximum Gasteiger partial charge on any atom is 0.101 e. The van der Waals surface area contributed by atoms with Gasteiger partial charge >= 0.3 is 0 Å². The van der Waals surface area contributed by atoms with Crippen LogP contribution in [0.25, 0.3) is 0 Å². The van der Waals surface area contributed by atoms with Crippen LogP contribution in [0.15, 0.2) is 0 Å². The molecule has 64 valence electrons. The molecule has 2 fully saturated rings. The van der Waals surface area contributed by atoms with E-state index in [4.69, 9.17) is 4.74 Å². The van der Waals surface area contributed by atoms with Crippen molar-refractivity contribution in [2.75, 3.05) is 13.6 Å². The largest absolute Gasteiger partial charge is 0.393 e. The molecule has 1 N–H and O–H groups in total. The normalized spacial score (nSPS) is 45.5. The zero-order valence-electron chi connectivity index (χ0n) is 7.03. The first-order valence-corrected chi connectivity index (χ1v) is 4.22. The number of morpholine rings is 1. The molecule has 2 aliphatic rings. The zero-order valence-corrected chi connectivity index (χ0v) is 7.03. The summed E-state index contributed by atoms with van der Waals surface area (Å²) in [5.74, 6) is 0. The van der Waals surface area contributed by atoms with Crippen LogP contribution in [0.5, 0.6) is 0 Å². The van der Waals surface area contributed by atoms with Gasteiger partial charge in [0.05, 0.1) is 12.2 Å². The molecule has 0 aromatic heterocycles. The maximum atomic E-state index is 9.18. The highest BCUT2D eigenvalue weighted by atomic mass is 16.6. The summed E-state index contributed by atoms with van der Waals surface area (Å²) in [4.78, 5) is 2.28. The molecule has 2 saturated heterocycles. The standard InChI is InChI=1S/C8H15NO2/c1-5(10)3-6-8-7(11-8)4-9(6)2/h5-8,10H,3-4H2,1-2H3/t5-,6?,7-,8?/m0/s1. The van der Waals surface area contributed by atoms with E-state index in [0.29, 0.717) is 18.2 Å². The second kappa shape index (κ2) is 2.44. The van der Waals surface area contributed by atoms with Crippen molar-refractivity contribution in [3.05, 3.63) is 0 Å². The Bertz CT molecular complexity index is 158. The highest BCUT2D eigenvalue weighted by Crippen LogP contribution is 2.37. The molecule has 0 saturated carbocycles. The second-order valence-corrected chi connectivity index (χ2v) is 3.73. The van der Waals surface area contributed by atoms with Crippen molar-refractivity contribution in [3.63, 3.8) is 0 Å². The minimum atomic E-state index is -0.203. The SMILES string of the molecule is C[C@H](O)CC1C2O[C@H]2CN1C. The van der Waals surface area contributed by atoms with E-state index < -0.39 is 0 Å². The molecule has 2 aliphatic heterocycles. The van der Waals surface area contributed by atoms with Gasteiger partial charge in [0.25, 0.3) is 0 Å². The molecule has 0 aliphatic carbocycles. The molecular weight excluding hydrogens is 142 g/mol. The average molecular weight is 157 g/mol. The molecule has 0 aromatic carbocycles. The van der Waals surface area contributed by atoms with Crippen LogP contribution in [-0.4, -0.2) is 48.0 Å². The number of hydrogen-bond acceptors (Lipinski definition) is 3. The van der Waals surface area contributed by atoms with E-state index in [1.165, 1.54) is 0 Å². The van der Waals surface area contributed by atoms with E-state index in [1.54, 1.807) is 0 Å². The highest BCUT2D eigenvalue weighted by Gasteiger charge is 2.53.